The number of pyridine rings is 1. The van der Waals surface area contributed by atoms with Crippen molar-refractivity contribution in [2.45, 2.75) is 39.2 Å². The molecule has 1 saturated heterocycles. The Morgan fingerprint density at radius 3 is 2.65 bits per heavy atom. The Kier molecular flexibility index (Phi) is 5.67. The van der Waals surface area contributed by atoms with Crippen LogP contribution in [-0.4, -0.2) is 46.3 Å². The molecule has 0 atom stereocenters. The van der Waals surface area contributed by atoms with Crippen LogP contribution < -0.4 is 15.8 Å². The molecule has 0 aliphatic carbocycles. The Balaban J connectivity index is 1.65. The van der Waals surface area contributed by atoms with Crippen molar-refractivity contribution in [2.75, 3.05) is 24.8 Å². The first kappa shape index (κ1) is 20.9. The molecule has 0 saturated carbocycles. The standard InChI is InChI=1S/C22H25FN4O4/c1-14-6-7-15(17(23)10-14)11-24-21(30)16-12-27-18(20(29)19(16)28)22(31)25-8-4-2-3-5-9-26(27)13-25/h6-7,10,12,29H,2-5,8-9,11,13H2,1H3,(H,24,30). The van der Waals surface area contributed by atoms with Gasteiger partial charge in [0.15, 0.2) is 11.4 Å². The summed E-state index contributed by atoms with van der Waals surface area (Å²) in [7, 11) is 0. The summed E-state index contributed by atoms with van der Waals surface area (Å²) >= 11 is 0. The number of aromatic hydroxyl groups is 1. The normalized spacial score (nSPS) is 16.3. The van der Waals surface area contributed by atoms with Crippen molar-refractivity contribution in [2.24, 2.45) is 0 Å². The summed E-state index contributed by atoms with van der Waals surface area (Å²) in [4.78, 5) is 39.9. The van der Waals surface area contributed by atoms with Crippen LogP contribution in [0.2, 0.25) is 0 Å². The molecule has 1 fully saturated rings. The molecule has 9 heteroatoms. The summed E-state index contributed by atoms with van der Waals surface area (Å²) in [6, 6.07) is 4.66. The van der Waals surface area contributed by atoms with Crippen molar-refractivity contribution in [3.05, 3.63) is 62.8 Å². The zero-order chi connectivity index (χ0) is 22.1. The smallest absolute Gasteiger partial charge is 0.277 e. The summed E-state index contributed by atoms with van der Waals surface area (Å²) < 4.78 is 15.5. The van der Waals surface area contributed by atoms with Gasteiger partial charge in [-0.05, 0) is 31.4 Å². The molecule has 2 aliphatic rings. The quantitative estimate of drug-likeness (QED) is 0.778. The number of aromatic nitrogens is 1. The maximum atomic E-state index is 14.1. The minimum atomic E-state index is -0.918. The van der Waals surface area contributed by atoms with Gasteiger partial charge in [-0.1, -0.05) is 25.0 Å². The molecule has 1 aromatic heterocycles. The first-order chi connectivity index (χ1) is 14.9. The minimum Gasteiger partial charge on any atom is -0.502 e. The molecule has 1 aromatic carbocycles. The third-order valence-electron chi connectivity index (χ3n) is 5.78. The second-order valence-electron chi connectivity index (χ2n) is 8.05. The van der Waals surface area contributed by atoms with Gasteiger partial charge < -0.3 is 15.3 Å². The van der Waals surface area contributed by atoms with Gasteiger partial charge in [0.2, 0.25) is 5.43 Å². The zero-order valence-electron chi connectivity index (χ0n) is 17.4. The van der Waals surface area contributed by atoms with Gasteiger partial charge in [-0.3, -0.25) is 24.1 Å². The molecule has 2 amide bonds. The van der Waals surface area contributed by atoms with Crippen LogP contribution >= 0.6 is 0 Å². The number of nitrogens with one attached hydrogen (secondary N) is 1. The van der Waals surface area contributed by atoms with E-state index < -0.39 is 28.8 Å². The van der Waals surface area contributed by atoms with Crippen molar-refractivity contribution >= 4 is 11.8 Å². The monoisotopic (exact) mass is 428 g/mol. The minimum absolute atomic E-state index is 0.108. The highest BCUT2D eigenvalue weighted by atomic mass is 19.1. The van der Waals surface area contributed by atoms with Gasteiger partial charge in [-0.15, -0.1) is 0 Å². The van der Waals surface area contributed by atoms with Gasteiger partial charge in [-0.2, -0.15) is 0 Å². The molecule has 2 N–H and O–H groups in total. The lowest BCUT2D eigenvalue weighted by molar-refractivity contribution is 0.0687. The molecule has 3 heterocycles. The second kappa shape index (κ2) is 8.41. The number of carbonyl (C=O) groups excluding carboxylic acids is 2. The molecule has 2 aromatic rings. The Morgan fingerprint density at radius 2 is 1.90 bits per heavy atom. The summed E-state index contributed by atoms with van der Waals surface area (Å²) in [5.41, 5.74) is -0.299. The van der Waals surface area contributed by atoms with Gasteiger partial charge in [-0.25, -0.2) is 4.39 Å². The molecule has 4 rings (SSSR count). The molecule has 0 spiro atoms. The third-order valence-corrected chi connectivity index (χ3v) is 5.78. The fraction of sp³-hybridized carbons (Fsp3) is 0.409. The average molecular weight is 428 g/mol. The van der Waals surface area contributed by atoms with Crippen LogP contribution in [0, 0.1) is 12.7 Å². The number of amides is 2. The first-order valence-electron chi connectivity index (χ1n) is 10.4. The number of halogens is 1. The van der Waals surface area contributed by atoms with Gasteiger partial charge in [0, 0.05) is 31.4 Å². The van der Waals surface area contributed by atoms with Crippen molar-refractivity contribution in [1.29, 1.82) is 0 Å². The highest BCUT2D eigenvalue weighted by Gasteiger charge is 2.34. The predicted molar refractivity (Wildman–Crippen MR) is 112 cm³/mol. The second-order valence-corrected chi connectivity index (χ2v) is 8.05. The van der Waals surface area contributed by atoms with Crippen molar-refractivity contribution in [3.8, 4) is 5.75 Å². The van der Waals surface area contributed by atoms with E-state index in [9.17, 15) is 23.9 Å². The number of carbonyl (C=O) groups is 2. The largest absolute Gasteiger partial charge is 0.502 e. The predicted octanol–water partition coefficient (Wildman–Crippen LogP) is 1.86. The maximum absolute atomic E-state index is 14.1. The lowest BCUT2D eigenvalue weighted by Gasteiger charge is -2.39. The fourth-order valence-corrected chi connectivity index (χ4v) is 4.02. The van der Waals surface area contributed by atoms with Crippen LogP contribution in [0.25, 0.3) is 0 Å². The number of rotatable bonds is 3. The van der Waals surface area contributed by atoms with E-state index in [0.717, 1.165) is 31.2 Å². The number of nitrogens with zero attached hydrogens (tertiary/aromatic N) is 3. The van der Waals surface area contributed by atoms with E-state index in [-0.39, 0.29) is 23.4 Å². The Labute approximate surface area is 178 Å². The van der Waals surface area contributed by atoms with E-state index in [4.69, 9.17) is 0 Å². The molecule has 0 unspecified atom stereocenters. The average Bonchev–Trinajstić information content (AvgIpc) is 2.84. The molecule has 31 heavy (non-hydrogen) atoms. The van der Waals surface area contributed by atoms with Crippen LogP contribution in [0.5, 0.6) is 5.75 Å². The lowest BCUT2D eigenvalue weighted by atomic mass is 10.1. The molecule has 2 bridgehead atoms. The molecule has 0 radical (unpaired) electrons. The van der Waals surface area contributed by atoms with Crippen LogP contribution in [0.4, 0.5) is 4.39 Å². The SMILES string of the molecule is Cc1ccc(CNC(=O)c2cn3c(c(O)c2=O)C(=O)N2CCCCCCN3C2)c(F)c1. The lowest BCUT2D eigenvalue weighted by Crippen LogP contribution is -2.54. The van der Waals surface area contributed by atoms with Gasteiger partial charge in [0.1, 0.15) is 18.0 Å². The van der Waals surface area contributed by atoms with E-state index in [0.29, 0.717) is 19.8 Å². The molecule has 164 valence electrons. The van der Waals surface area contributed by atoms with Crippen molar-refractivity contribution in [3.63, 3.8) is 0 Å². The van der Waals surface area contributed by atoms with Crippen molar-refractivity contribution in [1.82, 2.24) is 14.9 Å². The van der Waals surface area contributed by atoms with Gasteiger partial charge in [0.05, 0.1) is 0 Å². The van der Waals surface area contributed by atoms with Crippen molar-refractivity contribution < 1.29 is 19.1 Å². The van der Waals surface area contributed by atoms with E-state index >= 15 is 0 Å². The number of benzene rings is 1. The third kappa shape index (κ3) is 3.99. The van der Waals surface area contributed by atoms with Crippen LogP contribution in [-0.2, 0) is 6.54 Å². The van der Waals surface area contributed by atoms with Crippen LogP contribution in [0.3, 0.4) is 0 Å². The number of hydrogen-bond acceptors (Lipinski definition) is 5. The Bertz CT molecular complexity index is 1100. The van der Waals surface area contributed by atoms with Gasteiger partial charge in [0.25, 0.3) is 11.8 Å². The summed E-state index contributed by atoms with van der Waals surface area (Å²) in [5.74, 6) is -2.36. The molecular weight excluding hydrogens is 403 g/mol. The highest BCUT2D eigenvalue weighted by Crippen LogP contribution is 2.23. The van der Waals surface area contributed by atoms with E-state index in [1.807, 2.05) is 5.01 Å². The van der Waals surface area contributed by atoms with Gasteiger partial charge >= 0.3 is 0 Å². The Hall–Kier alpha value is -3.36. The number of hydrogen-bond donors (Lipinski definition) is 2. The summed E-state index contributed by atoms with van der Waals surface area (Å²) in [6.45, 7) is 3.15. The topological polar surface area (TPSA) is 94.9 Å². The van der Waals surface area contributed by atoms with E-state index in [1.54, 1.807) is 24.0 Å². The van der Waals surface area contributed by atoms with E-state index in [2.05, 4.69) is 5.32 Å². The summed E-state index contributed by atoms with van der Waals surface area (Å²) in [6.07, 6.45) is 5.06. The first-order valence-corrected chi connectivity index (χ1v) is 10.4. The number of aryl methyl sites for hydroxylation is 1. The fourth-order valence-electron chi connectivity index (χ4n) is 4.02. The van der Waals surface area contributed by atoms with Crippen LogP contribution in [0.1, 0.15) is 57.7 Å². The molecule has 8 nitrogen and oxygen atoms in total. The summed E-state index contributed by atoms with van der Waals surface area (Å²) in [5, 5.41) is 14.9. The molecule has 2 aliphatic heterocycles. The number of fused-ring (bicyclic) bond motifs is 4. The molecular formula is C22H25FN4O4. The van der Waals surface area contributed by atoms with E-state index in [1.165, 1.54) is 16.9 Å². The maximum Gasteiger partial charge on any atom is 0.277 e. The zero-order valence-corrected chi connectivity index (χ0v) is 17.4. The highest BCUT2D eigenvalue weighted by molar-refractivity contribution is 5.99. The Morgan fingerprint density at radius 1 is 1.16 bits per heavy atom. The van der Waals surface area contributed by atoms with Crippen LogP contribution in [0.15, 0.2) is 29.2 Å².